The zero-order valence-electron chi connectivity index (χ0n) is 8.93. The second-order valence-corrected chi connectivity index (χ2v) is 4.29. The Bertz CT molecular complexity index is 546. The third-order valence-corrected chi connectivity index (χ3v) is 2.71. The lowest BCUT2D eigenvalue weighted by Gasteiger charge is -2.06. The Labute approximate surface area is 108 Å². The van der Waals surface area contributed by atoms with Crippen LogP contribution >= 0.6 is 15.9 Å². The second kappa shape index (κ2) is 5.46. The molecule has 1 heterocycles. The highest BCUT2D eigenvalue weighted by Crippen LogP contribution is 2.17. The van der Waals surface area contributed by atoms with Gasteiger partial charge in [-0.1, -0.05) is 28.1 Å². The number of rotatable bonds is 3. The first-order valence-electron chi connectivity index (χ1n) is 5.02. The van der Waals surface area contributed by atoms with Gasteiger partial charge in [0.25, 0.3) is 0 Å². The summed E-state index contributed by atoms with van der Waals surface area (Å²) in [6.45, 7) is 0.424. The Morgan fingerprint density at radius 1 is 1.24 bits per heavy atom. The standard InChI is InChI=1S/C13H9BrN2O/c14-11-5-3-10(4-6-11)9-17-13-2-1-7-16-12(13)8-15/h1-7H,9H2. The molecule has 0 spiro atoms. The monoisotopic (exact) mass is 288 g/mol. The van der Waals surface area contributed by atoms with Crippen molar-refractivity contribution in [1.82, 2.24) is 4.98 Å². The maximum atomic E-state index is 8.85. The number of benzene rings is 1. The lowest BCUT2D eigenvalue weighted by molar-refractivity contribution is 0.304. The van der Waals surface area contributed by atoms with Crippen molar-refractivity contribution in [3.63, 3.8) is 0 Å². The van der Waals surface area contributed by atoms with Gasteiger partial charge in [0.2, 0.25) is 0 Å². The number of halogens is 1. The van der Waals surface area contributed by atoms with Crippen molar-refractivity contribution in [2.75, 3.05) is 0 Å². The van der Waals surface area contributed by atoms with Gasteiger partial charge in [-0.2, -0.15) is 5.26 Å². The highest BCUT2D eigenvalue weighted by Gasteiger charge is 2.03. The number of nitriles is 1. The van der Waals surface area contributed by atoms with Crippen molar-refractivity contribution >= 4 is 15.9 Å². The number of hydrogen-bond acceptors (Lipinski definition) is 3. The fraction of sp³-hybridized carbons (Fsp3) is 0.0769. The van der Waals surface area contributed by atoms with Crippen molar-refractivity contribution in [3.8, 4) is 11.8 Å². The fourth-order valence-corrected chi connectivity index (χ4v) is 1.60. The van der Waals surface area contributed by atoms with Gasteiger partial charge < -0.3 is 4.74 Å². The van der Waals surface area contributed by atoms with Crippen molar-refractivity contribution in [1.29, 1.82) is 5.26 Å². The Balaban J connectivity index is 2.08. The van der Waals surface area contributed by atoms with Crippen LogP contribution in [0.2, 0.25) is 0 Å². The van der Waals surface area contributed by atoms with Gasteiger partial charge in [0.05, 0.1) is 0 Å². The molecule has 0 N–H and O–H groups in total. The molecular formula is C13H9BrN2O. The van der Waals surface area contributed by atoms with Crippen LogP contribution in [0, 0.1) is 11.3 Å². The first-order valence-corrected chi connectivity index (χ1v) is 5.81. The third-order valence-electron chi connectivity index (χ3n) is 2.18. The molecule has 0 fully saturated rings. The molecule has 1 aromatic heterocycles. The van der Waals surface area contributed by atoms with Crippen LogP contribution in [-0.4, -0.2) is 4.98 Å². The minimum absolute atomic E-state index is 0.310. The predicted octanol–water partition coefficient (Wildman–Crippen LogP) is 3.29. The van der Waals surface area contributed by atoms with Crippen LogP contribution in [0.15, 0.2) is 47.1 Å². The maximum absolute atomic E-state index is 8.85. The first kappa shape index (κ1) is 11.6. The van der Waals surface area contributed by atoms with Gasteiger partial charge in [-0.3, -0.25) is 0 Å². The molecule has 2 aromatic rings. The van der Waals surface area contributed by atoms with Gasteiger partial charge in [0.1, 0.15) is 12.7 Å². The summed E-state index contributed by atoms with van der Waals surface area (Å²) in [5, 5.41) is 8.85. The SMILES string of the molecule is N#Cc1ncccc1OCc1ccc(Br)cc1. The number of hydrogen-bond donors (Lipinski definition) is 0. The normalized spacial score (nSPS) is 9.65. The molecule has 0 aliphatic carbocycles. The molecule has 0 aliphatic rings. The van der Waals surface area contributed by atoms with Crippen molar-refractivity contribution < 1.29 is 4.74 Å². The largest absolute Gasteiger partial charge is 0.486 e. The van der Waals surface area contributed by atoms with E-state index in [9.17, 15) is 0 Å². The smallest absolute Gasteiger partial charge is 0.182 e. The first-order chi connectivity index (χ1) is 8.29. The van der Waals surface area contributed by atoms with E-state index in [1.807, 2.05) is 30.3 Å². The van der Waals surface area contributed by atoms with Crippen molar-refractivity contribution in [2.24, 2.45) is 0 Å². The summed E-state index contributed by atoms with van der Waals surface area (Å²) < 4.78 is 6.58. The summed E-state index contributed by atoms with van der Waals surface area (Å²) in [7, 11) is 0. The van der Waals surface area contributed by atoms with Gasteiger partial charge in [-0.15, -0.1) is 0 Å². The maximum Gasteiger partial charge on any atom is 0.182 e. The minimum atomic E-state index is 0.310. The van der Waals surface area contributed by atoms with Crippen LogP contribution in [0.1, 0.15) is 11.3 Å². The zero-order valence-corrected chi connectivity index (χ0v) is 10.5. The number of nitrogens with zero attached hydrogens (tertiary/aromatic N) is 2. The quantitative estimate of drug-likeness (QED) is 0.871. The van der Waals surface area contributed by atoms with Gasteiger partial charge in [0, 0.05) is 10.7 Å². The molecule has 4 heteroatoms. The molecular weight excluding hydrogens is 280 g/mol. The van der Waals surface area contributed by atoms with Crippen molar-refractivity contribution in [3.05, 3.63) is 58.3 Å². The third kappa shape index (κ3) is 3.05. The summed E-state index contributed by atoms with van der Waals surface area (Å²) in [4.78, 5) is 3.93. The molecule has 0 saturated heterocycles. The van der Waals surface area contributed by atoms with Crippen LogP contribution in [0.4, 0.5) is 0 Å². The molecule has 1 aromatic carbocycles. The number of aromatic nitrogens is 1. The molecule has 0 amide bonds. The van der Waals surface area contributed by atoms with Gasteiger partial charge in [0.15, 0.2) is 11.4 Å². The molecule has 0 bridgehead atoms. The van der Waals surface area contributed by atoms with E-state index in [0.29, 0.717) is 18.1 Å². The van der Waals surface area contributed by atoms with Crippen LogP contribution < -0.4 is 4.74 Å². The van der Waals surface area contributed by atoms with E-state index in [-0.39, 0.29) is 0 Å². The van der Waals surface area contributed by atoms with E-state index < -0.39 is 0 Å². The highest BCUT2D eigenvalue weighted by atomic mass is 79.9. The van der Waals surface area contributed by atoms with E-state index >= 15 is 0 Å². The second-order valence-electron chi connectivity index (χ2n) is 3.38. The Morgan fingerprint density at radius 2 is 2.00 bits per heavy atom. The van der Waals surface area contributed by atoms with E-state index in [1.54, 1.807) is 18.3 Å². The summed E-state index contributed by atoms with van der Waals surface area (Å²) in [5.74, 6) is 0.512. The number of pyridine rings is 1. The van der Waals surface area contributed by atoms with E-state index in [4.69, 9.17) is 10.00 Å². The molecule has 0 atom stereocenters. The summed E-state index contributed by atoms with van der Waals surface area (Å²) in [6, 6.07) is 13.3. The molecule has 0 unspecified atom stereocenters. The van der Waals surface area contributed by atoms with Gasteiger partial charge in [-0.05, 0) is 29.8 Å². The molecule has 0 saturated carbocycles. The molecule has 84 valence electrons. The van der Waals surface area contributed by atoms with Gasteiger partial charge >= 0.3 is 0 Å². The van der Waals surface area contributed by atoms with E-state index in [2.05, 4.69) is 20.9 Å². The molecule has 0 aliphatic heterocycles. The van der Waals surface area contributed by atoms with Crippen LogP contribution in [0.5, 0.6) is 5.75 Å². The molecule has 2 rings (SSSR count). The Hall–Kier alpha value is -1.86. The minimum Gasteiger partial charge on any atom is -0.486 e. The zero-order chi connectivity index (χ0) is 12.1. The summed E-state index contributed by atoms with van der Waals surface area (Å²) >= 11 is 3.37. The van der Waals surface area contributed by atoms with E-state index in [0.717, 1.165) is 10.0 Å². The highest BCUT2D eigenvalue weighted by molar-refractivity contribution is 9.10. The Kier molecular flexibility index (Phi) is 3.73. The topological polar surface area (TPSA) is 45.9 Å². The van der Waals surface area contributed by atoms with Crippen LogP contribution in [0.25, 0.3) is 0 Å². The Morgan fingerprint density at radius 3 is 2.71 bits per heavy atom. The molecule has 3 nitrogen and oxygen atoms in total. The van der Waals surface area contributed by atoms with Gasteiger partial charge in [-0.25, -0.2) is 4.98 Å². The number of ether oxygens (including phenoxy) is 1. The van der Waals surface area contributed by atoms with E-state index in [1.165, 1.54) is 0 Å². The molecule has 17 heavy (non-hydrogen) atoms. The lowest BCUT2D eigenvalue weighted by atomic mass is 10.2. The van der Waals surface area contributed by atoms with Crippen molar-refractivity contribution in [2.45, 2.75) is 6.61 Å². The van der Waals surface area contributed by atoms with Crippen LogP contribution in [0.3, 0.4) is 0 Å². The summed E-state index contributed by atoms with van der Waals surface area (Å²) in [5.41, 5.74) is 1.35. The average Bonchev–Trinajstić information content (AvgIpc) is 2.38. The summed E-state index contributed by atoms with van der Waals surface area (Å²) in [6.07, 6.45) is 1.57. The lowest BCUT2D eigenvalue weighted by Crippen LogP contribution is -1.98. The molecule has 0 radical (unpaired) electrons. The predicted molar refractivity (Wildman–Crippen MR) is 67.4 cm³/mol. The fourth-order valence-electron chi connectivity index (χ4n) is 1.33. The average molecular weight is 289 g/mol. The van der Waals surface area contributed by atoms with Crippen LogP contribution in [-0.2, 0) is 6.61 Å².